The lowest BCUT2D eigenvalue weighted by molar-refractivity contribution is 0.404. The summed E-state index contributed by atoms with van der Waals surface area (Å²) in [5.74, 6) is 0.703. The summed E-state index contributed by atoms with van der Waals surface area (Å²) in [5, 5.41) is 1.26. The summed E-state index contributed by atoms with van der Waals surface area (Å²) in [5.41, 5.74) is 0. The first-order chi connectivity index (χ1) is 5.20. The summed E-state index contributed by atoms with van der Waals surface area (Å²) >= 11 is 9.52. The molecule has 0 spiro atoms. The monoisotopic (exact) mass is 304 g/mol. The van der Waals surface area contributed by atoms with Crippen LogP contribution in [0.4, 0.5) is 0 Å². The van der Waals surface area contributed by atoms with Crippen LogP contribution in [0, 0.1) is 2.88 Å². The molecule has 0 fully saturated rings. The minimum absolute atomic E-state index is 0.560. The Hall–Kier alpha value is 0.320. The van der Waals surface area contributed by atoms with Gasteiger partial charge in [-0.25, -0.2) is 0 Å². The maximum Gasteiger partial charge on any atom is 0.197 e. The summed E-state index contributed by atoms with van der Waals surface area (Å²) in [6, 6.07) is 0. The quantitative estimate of drug-likeness (QED) is 0.782. The van der Waals surface area contributed by atoms with Crippen LogP contribution in [-0.4, -0.2) is 14.2 Å². The molecule has 0 aliphatic rings. The Bertz CT molecular complexity index is 261. The van der Waals surface area contributed by atoms with Crippen LogP contribution in [0.5, 0.6) is 10.8 Å². The van der Waals surface area contributed by atoms with Crippen molar-refractivity contribution in [1.82, 2.24) is 0 Å². The van der Waals surface area contributed by atoms with Crippen molar-refractivity contribution in [3.8, 4) is 10.8 Å². The highest BCUT2D eigenvalue weighted by Crippen LogP contribution is 2.45. The van der Waals surface area contributed by atoms with Gasteiger partial charge >= 0.3 is 0 Å². The van der Waals surface area contributed by atoms with Crippen LogP contribution in [0.2, 0.25) is 5.02 Å². The number of ether oxygens (including phenoxy) is 2. The average Bonchev–Trinajstić information content (AvgIpc) is 2.26. The zero-order valence-corrected chi connectivity index (χ0v) is 9.71. The lowest BCUT2D eigenvalue weighted by Gasteiger charge is -1.96. The van der Waals surface area contributed by atoms with E-state index in [4.69, 9.17) is 21.1 Å². The maximum absolute atomic E-state index is 5.89. The first-order valence-corrected chi connectivity index (χ1v) is 5.03. The van der Waals surface area contributed by atoms with Gasteiger partial charge in [-0.1, -0.05) is 22.9 Å². The van der Waals surface area contributed by atoms with Crippen LogP contribution in [0.3, 0.4) is 0 Å². The average molecular weight is 305 g/mol. The largest absolute Gasteiger partial charge is 0.493 e. The van der Waals surface area contributed by atoms with Gasteiger partial charge in [0.05, 0.1) is 14.2 Å². The third-order valence-electron chi connectivity index (χ3n) is 1.13. The van der Waals surface area contributed by atoms with Crippen LogP contribution in [-0.2, 0) is 0 Å². The van der Waals surface area contributed by atoms with Gasteiger partial charge in [-0.05, 0) is 22.6 Å². The maximum atomic E-state index is 5.89. The minimum atomic E-state index is 0.560. The van der Waals surface area contributed by atoms with E-state index in [1.165, 1.54) is 11.3 Å². The van der Waals surface area contributed by atoms with Crippen LogP contribution in [0.1, 0.15) is 0 Å². The predicted octanol–water partition coefficient (Wildman–Crippen LogP) is 3.02. The van der Waals surface area contributed by atoms with E-state index in [9.17, 15) is 0 Å². The summed E-state index contributed by atoms with van der Waals surface area (Å²) in [6.45, 7) is 0. The predicted molar refractivity (Wildman–Crippen MR) is 55.2 cm³/mol. The molecule has 0 N–H and O–H groups in total. The fourth-order valence-corrected chi connectivity index (χ4v) is 3.03. The van der Waals surface area contributed by atoms with E-state index in [1.807, 2.05) is 0 Å². The van der Waals surface area contributed by atoms with E-state index in [2.05, 4.69) is 22.6 Å². The second-order valence-corrected chi connectivity index (χ2v) is 4.89. The Morgan fingerprint density at radius 3 is 2.27 bits per heavy atom. The second-order valence-electron chi connectivity index (χ2n) is 1.71. The van der Waals surface area contributed by atoms with Gasteiger partial charge in [-0.2, -0.15) is 0 Å². The first kappa shape index (κ1) is 9.41. The Morgan fingerprint density at radius 1 is 1.36 bits per heavy atom. The normalized spacial score (nSPS) is 9.82. The number of rotatable bonds is 2. The van der Waals surface area contributed by atoms with Crippen molar-refractivity contribution in [2.45, 2.75) is 0 Å². The second kappa shape index (κ2) is 3.82. The highest BCUT2D eigenvalue weighted by atomic mass is 127. The van der Waals surface area contributed by atoms with Crippen molar-refractivity contribution < 1.29 is 9.47 Å². The molecule has 62 valence electrons. The van der Waals surface area contributed by atoms with Crippen molar-refractivity contribution in [1.29, 1.82) is 0 Å². The lowest BCUT2D eigenvalue weighted by atomic mass is 10.6. The molecule has 1 rings (SSSR count). The molecule has 0 unspecified atom stereocenters. The van der Waals surface area contributed by atoms with Crippen LogP contribution < -0.4 is 9.47 Å². The van der Waals surface area contributed by atoms with Crippen LogP contribution >= 0.6 is 45.5 Å². The highest BCUT2D eigenvalue weighted by molar-refractivity contribution is 14.1. The zero-order valence-electron chi connectivity index (χ0n) is 5.98. The molecule has 0 aliphatic carbocycles. The van der Waals surface area contributed by atoms with Gasteiger partial charge in [0.1, 0.15) is 7.91 Å². The van der Waals surface area contributed by atoms with Crippen molar-refractivity contribution in [2.75, 3.05) is 14.2 Å². The minimum Gasteiger partial charge on any atom is -0.493 e. The highest BCUT2D eigenvalue weighted by Gasteiger charge is 2.15. The number of methoxy groups -OCH3 is 2. The Morgan fingerprint density at radius 2 is 2.00 bits per heavy atom. The third-order valence-corrected chi connectivity index (χ3v) is 3.66. The van der Waals surface area contributed by atoms with Crippen molar-refractivity contribution in [3.05, 3.63) is 7.91 Å². The van der Waals surface area contributed by atoms with E-state index in [0.29, 0.717) is 15.8 Å². The molecular formula is C6H6ClIO2S. The summed E-state index contributed by atoms with van der Waals surface area (Å²) in [4.78, 5) is 0. The van der Waals surface area contributed by atoms with Gasteiger partial charge in [0.25, 0.3) is 0 Å². The van der Waals surface area contributed by atoms with E-state index in [-0.39, 0.29) is 0 Å². The third kappa shape index (κ3) is 1.73. The SMILES string of the molecule is COc1sc(I)c(OC)c1Cl. The van der Waals surface area contributed by atoms with Crippen molar-refractivity contribution in [2.24, 2.45) is 0 Å². The number of hydrogen-bond acceptors (Lipinski definition) is 3. The molecule has 0 bridgehead atoms. The fourth-order valence-electron chi connectivity index (χ4n) is 0.653. The molecule has 0 saturated carbocycles. The molecule has 0 atom stereocenters. The molecule has 1 heterocycles. The van der Waals surface area contributed by atoms with Gasteiger partial charge in [-0.3, -0.25) is 0 Å². The Kier molecular flexibility index (Phi) is 3.27. The fraction of sp³-hybridized carbons (Fsp3) is 0.333. The lowest BCUT2D eigenvalue weighted by Crippen LogP contribution is -1.82. The molecular weight excluding hydrogens is 298 g/mol. The molecule has 2 nitrogen and oxygen atoms in total. The molecule has 11 heavy (non-hydrogen) atoms. The molecule has 0 aromatic carbocycles. The molecule has 1 aromatic rings. The molecule has 1 aromatic heterocycles. The van der Waals surface area contributed by atoms with Gasteiger partial charge in [0, 0.05) is 0 Å². The van der Waals surface area contributed by atoms with E-state index in [1.54, 1.807) is 14.2 Å². The van der Waals surface area contributed by atoms with E-state index >= 15 is 0 Å². The molecule has 0 amide bonds. The Labute approximate surface area is 87.6 Å². The number of thiophene rings is 1. The summed E-state index contributed by atoms with van der Waals surface area (Å²) in [6.07, 6.45) is 0. The van der Waals surface area contributed by atoms with Crippen LogP contribution in [0.15, 0.2) is 0 Å². The van der Waals surface area contributed by atoms with Gasteiger partial charge in [0.2, 0.25) is 0 Å². The van der Waals surface area contributed by atoms with Crippen LogP contribution in [0.25, 0.3) is 0 Å². The first-order valence-electron chi connectivity index (χ1n) is 2.76. The smallest absolute Gasteiger partial charge is 0.197 e. The van der Waals surface area contributed by atoms with E-state index in [0.717, 1.165) is 2.88 Å². The summed E-state index contributed by atoms with van der Waals surface area (Å²) < 4.78 is 11.1. The standard InChI is InChI=1S/C6H6ClIO2S/c1-9-4-3(7)6(10-2)11-5(4)8/h1-2H3. The molecule has 0 radical (unpaired) electrons. The van der Waals surface area contributed by atoms with Crippen molar-refractivity contribution >= 4 is 45.5 Å². The number of hydrogen-bond donors (Lipinski definition) is 0. The topological polar surface area (TPSA) is 18.5 Å². The van der Waals surface area contributed by atoms with Gasteiger partial charge in [0.15, 0.2) is 10.8 Å². The van der Waals surface area contributed by atoms with E-state index < -0.39 is 0 Å². The Balaban J connectivity index is 3.14. The number of halogens is 2. The molecule has 5 heteroatoms. The summed E-state index contributed by atoms with van der Waals surface area (Å²) in [7, 11) is 3.18. The molecule has 0 aliphatic heterocycles. The van der Waals surface area contributed by atoms with Crippen molar-refractivity contribution in [3.63, 3.8) is 0 Å². The molecule has 0 saturated heterocycles. The zero-order chi connectivity index (χ0) is 8.43. The van der Waals surface area contributed by atoms with Gasteiger partial charge in [-0.15, -0.1) is 0 Å². The van der Waals surface area contributed by atoms with Gasteiger partial charge < -0.3 is 9.47 Å².